The summed E-state index contributed by atoms with van der Waals surface area (Å²) in [5.74, 6) is 0.704. The molecule has 1 aliphatic heterocycles. The van der Waals surface area contributed by atoms with E-state index < -0.39 is 5.95 Å². The summed E-state index contributed by atoms with van der Waals surface area (Å²) in [5, 5.41) is 19.3. The maximum Gasteiger partial charge on any atom is 0.251 e. The quantitative estimate of drug-likeness (QED) is 0.561. The molecular formula is C25H27FN8O. The molecule has 1 saturated carbocycles. The van der Waals surface area contributed by atoms with Gasteiger partial charge in [-0.3, -0.25) is 4.79 Å². The molecule has 2 atom stereocenters. The van der Waals surface area contributed by atoms with Crippen molar-refractivity contribution >= 4 is 23.2 Å². The first-order chi connectivity index (χ1) is 16.9. The van der Waals surface area contributed by atoms with Crippen LogP contribution in [0.2, 0.25) is 0 Å². The molecule has 180 valence electrons. The number of carbonyl (C=O) groups is 1. The number of hydrogen-bond donors (Lipinski definition) is 2. The van der Waals surface area contributed by atoms with Crippen LogP contribution in [0.4, 0.5) is 21.7 Å². The lowest BCUT2D eigenvalue weighted by Crippen LogP contribution is -2.54. The van der Waals surface area contributed by atoms with Crippen LogP contribution in [0.1, 0.15) is 60.1 Å². The van der Waals surface area contributed by atoms with Gasteiger partial charge in [-0.2, -0.15) is 14.8 Å². The zero-order valence-corrected chi connectivity index (χ0v) is 19.7. The third-order valence-corrected chi connectivity index (χ3v) is 6.81. The molecule has 3 aromatic rings. The molecule has 0 radical (unpaired) electrons. The Balaban J connectivity index is 1.32. The second-order valence-electron chi connectivity index (χ2n) is 9.19. The molecule has 0 unspecified atom stereocenters. The van der Waals surface area contributed by atoms with Gasteiger partial charge in [0.15, 0.2) is 11.5 Å². The van der Waals surface area contributed by atoms with Crippen molar-refractivity contribution in [2.24, 2.45) is 7.05 Å². The van der Waals surface area contributed by atoms with E-state index in [1.807, 2.05) is 25.1 Å². The number of nitrogens with zero attached hydrogens (tertiary/aromatic N) is 6. The fourth-order valence-corrected chi connectivity index (χ4v) is 4.56. The van der Waals surface area contributed by atoms with E-state index in [1.54, 1.807) is 6.20 Å². The highest BCUT2D eigenvalue weighted by Crippen LogP contribution is 2.39. The van der Waals surface area contributed by atoms with Crippen LogP contribution in [0.5, 0.6) is 0 Å². The number of nitriles is 1. The molecular weight excluding hydrogens is 447 g/mol. The summed E-state index contributed by atoms with van der Waals surface area (Å²) in [6.07, 6.45) is 7.04. The van der Waals surface area contributed by atoms with Crippen LogP contribution in [0.15, 0.2) is 36.7 Å². The number of rotatable bonds is 6. The first-order valence-corrected chi connectivity index (χ1v) is 11.8. The maximum absolute atomic E-state index is 14.2. The zero-order chi connectivity index (χ0) is 24.5. The summed E-state index contributed by atoms with van der Waals surface area (Å²) >= 11 is 0. The molecule has 35 heavy (non-hydrogen) atoms. The van der Waals surface area contributed by atoms with Gasteiger partial charge < -0.3 is 15.5 Å². The van der Waals surface area contributed by atoms with Crippen LogP contribution in [0.25, 0.3) is 0 Å². The Bertz CT molecular complexity index is 1280. The second kappa shape index (κ2) is 9.33. The van der Waals surface area contributed by atoms with Crippen LogP contribution in [0.3, 0.4) is 0 Å². The minimum Gasteiger partial charge on any atom is -0.351 e. The lowest BCUT2D eigenvalue weighted by Gasteiger charge is -2.40. The minimum atomic E-state index is -0.569. The van der Waals surface area contributed by atoms with Gasteiger partial charge in [0.1, 0.15) is 17.6 Å². The summed E-state index contributed by atoms with van der Waals surface area (Å²) in [4.78, 5) is 23.8. The Hall–Kier alpha value is -4.00. The third-order valence-electron chi connectivity index (χ3n) is 6.81. The van der Waals surface area contributed by atoms with Crippen molar-refractivity contribution in [2.45, 2.75) is 50.6 Å². The highest BCUT2D eigenvalue weighted by Gasteiger charge is 2.31. The van der Waals surface area contributed by atoms with Crippen molar-refractivity contribution in [2.75, 3.05) is 16.8 Å². The predicted molar refractivity (Wildman–Crippen MR) is 129 cm³/mol. The first-order valence-electron chi connectivity index (χ1n) is 11.8. The number of piperidine rings is 1. The fraction of sp³-hybridized carbons (Fsp3) is 0.400. The van der Waals surface area contributed by atoms with Crippen LogP contribution in [-0.2, 0) is 7.05 Å². The SMILES string of the molecule is C[C@@H]1[C@H](NC(=O)c2ccc(C3CC3)cc2)CCCN1c1cnc(C#N)c(Nc2cnn(C)c2F)n1. The normalized spacial score (nSPS) is 19.8. The van der Waals surface area contributed by atoms with Gasteiger partial charge in [0, 0.05) is 31.2 Å². The van der Waals surface area contributed by atoms with Gasteiger partial charge in [-0.1, -0.05) is 12.1 Å². The number of aromatic nitrogens is 4. The molecule has 2 fully saturated rings. The number of anilines is 3. The number of hydrogen-bond acceptors (Lipinski definition) is 7. The largest absolute Gasteiger partial charge is 0.351 e. The van der Waals surface area contributed by atoms with E-state index >= 15 is 0 Å². The molecule has 0 bridgehead atoms. The predicted octanol–water partition coefficient (Wildman–Crippen LogP) is 3.63. The van der Waals surface area contributed by atoms with Crippen LogP contribution in [0, 0.1) is 17.3 Å². The van der Waals surface area contributed by atoms with Gasteiger partial charge >= 0.3 is 0 Å². The Kier molecular flexibility index (Phi) is 6.07. The zero-order valence-electron chi connectivity index (χ0n) is 19.7. The maximum atomic E-state index is 14.2. The molecule has 0 spiro atoms. The monoisotopic (exact) mass is 474 g/mol. The van der Waals surface area contributed by atoms with E-state index in [9.17, 15) is 14.4 Å². The Morgan fingerprint density at radius 3 is 2.63 bits per heavy atom. The van der Waals surface area contributed by atoms with Gasteiger partial charge in [0.25, 0.3) is 5.91 Å². The van der Waals surface area contributed by atoms with Gasteiger partial charge in [-0.15, -0.1) is 0 Å². The van der Waals surface area contributed by atoms with Crippen molar-refractivity contribution in [3.63, 3.8) is 0 Å². The highest BCUT2D eigenvalue weighted by atomic mass is 19.1. The highest BCUT2D eigenvalue weighted by molar-refractivity contribution is 5.94. The number of carbonyl (C=O) groups excluding carboxylic acids is 1. The van der Waals surface area contributed by atoms with Crippen LogP contribution in [-0.4, -0.2) is 44.3 Å². The van der Waals surface area contributed by atoms with Crippen molar-refractivity contribution in [3.05, 3.63) is 59.4 Å². The first kappa shape index (κ1) is 22.8. The van der Waals surface area contributed by atoms with Crippen molar-refractivity contribution < 1.29 is 9.18 Å². The summed E-state index contributed by atoms with van der Waals surface area (Å²) in [7, 11) is 1.49. The molecule has 1 saturated heterocycles. The number of nitrogens with one attached hydrogen (secondary N) is 2. The fourth-order valence-electron chi connectivity index (χ4n) is 4.56. The summed E-state index contributed by atoms with van der Waals surface area (Å²) in [6, 6.07) is 9.76. The lowest BCUT2D eigenvalue weighted by atomic mass is 9.97. The van der Waals surface area contributed by atoms with Gasteiger partial charge in [0.2, 0.25) is 5.95 Å². The molecule has 1 aromatic carbocycles. The molecule has 2 N–H and O–H groups in total. The molecule has 1 amide bonds. The van der Waals surface area contributed by atoms with E-state index in [1.165, 1.54) is 31.6 Å². The van der Waals surface area contributed by atoms with Gasteiger partial charge in [-0.25, -0.2) is 14.6 Å². The number of benzene rings is 1. The van der Waals surface area contributed by atoms with E-state index in [4.69, 9.17) is 0 Å². The number of halogens is 1. The summed E-state index contributed by atoms with van der Waals surface area (Å²) < 4.78 is 15.3. The van der Waals surface area contributed by atoms with E-state index in [0.717, 1.165) is 24.1 Å². The summed E-state index contributed by atoms with van der Waals surface area (Å²) in [6.45, 7) is 2.76. The third kappa shape index (κ3) is 4.67. The Labute approximate surface area is 203 Å². The average molecular weight is 475 g/mol. The van der Waals surface area contributed by atoms with E-state index in [0.29, 0.717) is 17.3 Å². The minimum absolute atomic E-state index is 0.0522. The molecule has 1 aliphatic carbocycles. The molecule has 3 heterocycles. The van der Waals surface area contributed by atoms with Crippen LogP contribution >= 0.6 is 0 Å². The number of aryl methyl sites for hydroxylation is 1. The smallest absolute Gasteiger partial charge is 0.251 e. The Morgan fingerprint density at radius 2 is 1.97 bits per heavy atom. The van der Waals surface area contributed by atoms with Gasteiger partial charge in [-0.05, 0) is 56.2 Å². The van der Waals surface area contributed by atoms with Crippen molar-refractivity contribution in [1.29, 1.82) is 5.26 Å². The van der Waals surface area contributed by atoms with Crippen molar-refractivity contribution in [1.82, 2.24) is 25.1 Å². The van der Waals surface area contributed by atoms with E-state index in [-0.39, 0.29) is 35.2 Å². The average Bonchev–Trinajstić information content (AvgIpc) is 3.68. The molecule has 2 aliphatic rings. The molecule has 9 nitrogen and oxygen atoms in total. The second-order valence-corrected chi connectivity index (χ2v) is 9.19. The topological polar surface area (TPSA) is 112 Å². The standard InChI is InChI=1S/C25H27FN8O/c1-15-19(31-25(35)18-9-7-17(8-10-18)16-5-6-16)4-3-11-34(15)22-14-28-20(12-27)24(32-22)30-21-13-29-33(2)23(21)26/h7-10,13-16,19H,3-6,11H2,1-2H3,(H,30,32)(H,31,35)/t15-,19-/m1/s1. The van der Waals surface area contributed by atoms with E-state index in [2.05, 4.69) is 42.7 Å². The van der Waals surface area contributed by atoms with Crippen LogP contribution < -0.4 is 15.5 Å². The van der Waals surface area contributed by atoms with Gasteiger partial charge in [0.05, 0.1) is 12.4 Å². The van der Waals surface area contributed by atoms with Crippen molar-refractivity contribution in [3.8, 4) is 6.07 Å². The number of amides is 1. The Morgan fingerprint density at radius 1 is 1.20 bits per heavy atom. The molecule has 5 rings (SSSR count). The lowest BCUT2D eigenvalue weighted by molar-refractivity contribution is 0.0924. The molecule has 2 aromatic heterocycles. The molecule has 10 heteroatoms. The summed E-state index contributed by atoms with van der Waals surface area (Å²) in [5.41, 5.74) is 2.12.